The van der Waals surface area contributed by atoms with Crippen LogP contribution >= 0.6 is 11.7 Å². The molecule has 0 unspecified atom stereocenters. The summed E-state index contributed by atoms with van der Waals surface area (Å²) in [6.07, 6.45) is 3.28. The standard InChI is InChI=1S/C27H32N4O5S/c1-6-8-9-20-19(12-17-10-11-21-22(13-17)30-37-29-21)25(27(32)36-7-2)31(28-20)16-18-14-23(33-3)26(35-5)24(15-18)34-4/h10-11,13-15H,6-9,12,16H2,1-5H3. The van der Waals surface area contributed by atoms with Gasteiger partial charge in [-0.1, -0.05) is 19.4 Å². The minimum atomic E-state index is -0.392. The Bertz CT molecular complexity index is 1360. The van der Waals surface area contributed by atoms with Crippen molar-refractivity contribution < 1.29 is 23.7 Å². The first-order valence-corrected chi connectivity index (χ1v) is 13.0. The number of aryl methyl sites for hydroxylation is 1. The van der Waals surface area contributed by atoms with Crippen molar-refractivity contribution in [1.29, 1.82) is 0 Å². The van der Waals surface area contributed by atoms with Gasteiger partial charge in [-0.2, -0.15) is 13.8 Å². The number of aromatic nitrogens is 4. The molecule has 9 nitrogen and oxygen atoms in total. The highest BCUT2D eigenvalue weighted by atomic mass is 32.1. The largest absolute Gasteiger partial charge is 0.493 e. The molecule has 0 aliphatic rings. The first-order chi connectivity index (χ1) is 18.0. The summed E-state index contributed by atoms with van der Waals surface area (Å²) < 4.78 is 32.4. The average molecular weight is 525 g/mol. The topological polar surface area (TPSA) is 97.6 Å². The lowest BCUT2D eigenvalue weighted by Crippen LogP contribution is -2.16. The number of carbonyl (C=O) groups is 1. The normalized spacial score (nSPS) is 11.1. The molecule has 4 aromatic rings. The number of rotatable bonds is 12. The molecule has 0 saturated carbocycles. The molecular weight excluding hydrogens is 492 g/mol. The summed E-state index contributed by atoms with van der Waals surface area (Å²) in [5.74, 6) is 1.20. The van der Waals surface area contributed by atoms with Crippen molar-refractivity contribution in [3.05, 3.63) is 58.4 Å². The van der Waals surface area contributed by atoms with Gasteiger partial charge in [-0.05, 0) is 55.2 Å². The van der Waals surface area contributed by atoms with Gasteiger partial charge in [-0.3, -0.25) is 4.68 Å². The first-order valence-electron chi connectivity index (χ1n) is 12.3. The summed E-state index contributed by atoms with van der Waals surface area (Å²) in [6, 6.07) is 9.75. The molecule has 2 aromatic heterocycles. The van der Waals surface area contributed by atoms with Crippen LogP contribution in [0.15, 0.2) is 30.3 Å². The number of hydrogen-bond acceptors (Lipinski definition) is 9. The molecule has 0 N–H and O–H groups in total. The van der Waals surface area contributed by atoms with Gasteiger partial charge in [-0.25, -0.2) is 4.79 Å². The molecule has 0 aliphatic carbocycles. The van der Waals surface area contributed by atoms with Gasteiger partial charge in [0, 0.05) is 12.0 Å². The zero-order valence-electron chi connectivity index (χ0n) is 21.9. The SMILES string of the molecule is CCCCc1nn(Cc2cc(OC)c(OC)c(OC)c2)c(C(=O)OCC)c1Cc1ccc2nsnc2c1. The lowest BCUT2D eigenvalue weighted by Gasteiger charge is -2.15. The number of unbranched alkanes of at least 4 members (excludes halogenated alkanes) is 1. The fourth-order valence-corrected chi connectivity index (χ4v) is 4.88. The third kappa shape index (κ3) is 5.69. The van der Waals surface area contributed by atoms with Crippen molar-refractivity contribution in [3.63, 3.8) is 0 Å². The number of carbonyl (C=O) groups excluding carboxylic acids is 1. The van der Waals surface area contributed by atoms with Crippen LogP contribution in [0, 0.1) is 0 Å². The zero-order valence-corrected chi connectivity index (χ0v) is 22.7. The lowest BCUT2D eigenvalue weighted by molar-refractivity contribution is 0.0511. The Morgan fingerprint density at radius 2 is 1.68 bits per heavy atom. The minimum absolute atomic E-state index is 0.272. The summed E-state index contributed by atoms with van der Waals surface area (Å²) in [5, 5.41) is 4.93. The van der Waals surface area contributed by atoms with Gasteiger partial charge >= 0.3 is 5.97 Å². The zero-order chi connectivity index (χ0) is 26.4. The molecule has 0 saturated heterocycles. The predicted octanol–water partition coefficient (Wildman–Crippen LogP) is 5.07. The van der Waals surface area contributed by atoms with Gasteiger partial charge in [-0.15, -0.1) is 0 Å². The number of benzene rings is 2. The van der Waals surface area contributed by atoms with E-state index >= 15 is 0 Å². The number of ether oxygens (including phenoxy) is 4. The Morgan fingerprint density at radius 1 is 0.946 bits per heavy atom. The highest BCUT2D eigenvalue weighted by Gasteiger charge is 2.25. The van der Waals surface area contributed by atoms with E-state index in [1.165, 1.54) is 11.7 Å². The van der Waals surface area contributed by atoms with Crippen molar-refractivity contribution in [3.8, 4) is 17.2 Å². The van der Waals surface area contributed by atoms with E-state index in [1.807, 2.05) is 30.3 Å². The maximum Gasteiger partial charge on any atom is 0.356 e. The van der Waals surface area contributed by atoms with E-state index in [-0.39, 0.29) is 6.61 Å². The van der Waals surface area contributed by atoms with E-state index in [0.717, 1.165) is 52.7 Å². The van der Waals surface area contributed by atoms with Crippen LogP contribution in [-0.2, 0) is 24.1 Å². The van der Waals surface area contributed by atoms with Gasteiger partial charge in [0.2, 0.25) is 5.75 Å². The Labute approximate surface area is 220 Å². The molecule has 0 spiro atoms. The molecule has 10 heteroatoms. The Balaban J connectivity index is 1.81. The fourth-order valence-electron chi connectivity index (χ4n) is 4.36. The summed E-state index contributed by atoms with van der Waals surface area (Å²) in [6.45, 7) is 4.55. The maximum atomic E-state index is 13.3. The lowest BCUT2D eigenvalue weighted by atomic mass is 9.99. The summed E-state index contributed by atoms with van der Waals surface area (Å²) in [4.78, 5) is 13.3. The second-order valence-electron chi connectivity index (χ2n) is 8.55. The van der Waals surface area contributed by atoms with E-state index in [9.17, 15) is 4.79 Å². The quantitative estimate of drug-likeness (QED) is 0.237. The van der Waals surface area contributed by atoms with Gasteiger partial charge in [0.05, 0.1) is 51.9 Å². The van der Waals surface area contributed by atoms with Gasteiger partial charge in [0.15, 0.2) is 17.2 Å². The molecule has 2 heterocycles. The van der Waals surface area contributed by atoms with E-state index in [0.29, 0.717) is 35.9 Å². The molecule has 4 rings (SSSR count). The van der Waals surface area contributed by atoms with E-state index in [4.69, 9.17) is 24.0 Å². The van der Waals surface area contributed by atoms with Crippen LogP contribution in [0.5, 0.6) is 17.2 Å². The number of nitrogens with zero attached hydrogens (tertiary/aromatic N) is 4. The van der Waals surface area contributed by atoms with Crippen LogP contribution in [0.4, 0.5) is 0 Å². The van der Waals surface area contributed by atoms with Crippen LogP contribution < -0.4 is 14.2 Å². The van der Waals surface area contributed by atoms with Gasteiger partial charge < -0.3 is 18.9 Å². The monoisotopic (exact) mass is 524 g/mol. The van der Waals surface area contributed by atoms with Crippen LogP contribution in [0.25, 0.3) is 11.0 Å². The van der Waals surface area contributed by atoms with E-state index in [1.54, 1.807) is 32.9 Å². The Kier molecular flexibility index (Phi) is 8.60. The van der Waals surface area contributed by atoms with Crippen LogP contribution in [-0.4, -0.2) is 52.4 Å². The fraction of sp³-hybridized carbons (Fsp3) is 0.407. The van der Waals surface area contributed by atoms with Gasteiger partial charge in [0.25, 0.3) is 0 Å². The molecule has 0 fully saturated rings. The van der Waals surface area contributed by atoms with E-state index < -0.39 is 5.97 Å². The molecule has 196 valence electrons. The Morgan fingerprint density at radius 3 is 2.32 bits per heavy atom. The summed E-state index contributed by atoms with van der Waals surface area (Å²) in [7, 11) is 4.72. The average Bonchev–Trinajstić information content (AvgIpc) is 3.50. The number of methoxy groups -OCH3 is 3. The van der Waals surface area contributed by atoms with Crippen molar-refractivity contribution in [1.82, 2.24) is 18.5 Å². The highest BCUT2D eigenvalue weighted by Crippen LogP contribution is 2.38. The summed E-state index contributed by atoms with van der Waals surface area (Å²) >= 11 is 1.19. The number of fused-ring (bicyclic) bond motifs is 1. The third-order valence-corrected chi connectivity index (χ3v) is 6.68. The molecular formula is C27H32N4O5S. The second-order valence-corrected chi connectivity index (χ2v) is 9.08. The summed E-state index contributed by atoms with van der Waals surface area (Å²) in [5.41, 5.74) is 5.83. The maximum absolute atomic E-state index is 13.3. The molecule has 0 atom stereocenters. The molecule has 2 aromatic carbocycles. The molecule has 0 aliphatic heterocycles. The van der Waals surface area contributed by atoms with Crippen LogP contribution in [0.1, 0.15) is 59.6 Å². The van der Waals surface area contributed by atoms with Crippen LogP contribution in [0.3, 0.4) is 0 Å². The van der Waals surface area contributed by atoms with Crippen molar-refractivity contribution in [2.45, 2.75) is 46.1 Å². The van der Waals surface area contributed by atoms with Gasteiger partial charge in [0.1, 0.15) is 11.0 Å². The van der Waals surface area contributed by atoms with Crippen LogP contribution in [0.2, 0.25) is 0 Å². The third-order valence-electron chi connectivity index (χ3n) is 6.13. The van der Waals surface area contributed by atoms with Crippen molar-refractivity contribution in [2.75, 3.05) is 27.9 Å². The number of esters is 1. The minimum Gasteiger partial charge on any atom is -0.493 e. The second kappa shape index (κ2) is 12.1. The first kappa shape index (κ1) is 26.4. The van der Waals surface area contributed by atoms with E-state index in [2.05, 4.69) is 15.7 Å². The molecule has 0 bridgehead atoms. The predicted molar refractivity (Wildman–Crippen MR) is 142 cm³/mol. The Hall–Kier alpha value is -3.66. The smallest absolute Gasteiger partial charge is 0.356 e. The molecule has 0 amide bonds. The highest BCUT2D eigenvalue weighted by molar-refractivity contribution is 7.00. The number of hydrogen-bond donors (Lipinski definition) is 0. The van der Waals surface area contributed by atoms with Crippen molar-refractivity contribution >= 4 is 28.7 Å². The molecule has 0 radical (unpaired) electrons. The van der Waals surface area contributed by atoms with Crippen molar-refractivity contribution in [2.24, 2.45) is 0 Å². The molecule has 37 heavy (non-hydrogen) atoms.